The number of ether oxygens (including phenoxy) is 2. The molecule has 5 atom stereocenters. The SMILES string of the molecule is CCC(C)/C=C(C)/C=C/C(O)=C\C(=O)[C@H]1C(=O)O[C@@]2(C)C(=O)C=C3C=C(CC(C)O)OC=C3[C@@H]12. The lowest BCUT2D eigenvalue weighted by Gasteiger charge is -2.35. The standard InChI is InChI=1S/C27H32O7/c1-6-15(2)9-16(3)7-8-19(29)13-22(30)24-25-21-14-33-20(10-17(4)28)11-18(21)12-23(31)27(25,5)34-26(24)32/h7-9,11-15,17,24-25,28-29H,6,10H2,1-5H3/b8-7+,16-9+,19-13+/t15?,17?,24-,25+,27+/m1/s1. The van der Waals surface area contributed by atoms with Crippen LogP contribution in [0.2, 0.25) is 0 Å². The average molecular weight is 469 g/mol. The average Bonchev–Trinajstić information content (AvgIpc) is 3.03. The molecule has 0 aromatic heterocycles. The van der Waals surface area contributed by atoms with Gasteiger partial charge in [0, 0.05) is 18.1 Å². The van der Waals surface area contributed by atoms with Crippen LogP contribution >= 0.6 is 0 Å². The Kier molecular flexibility index (Phi) is 7.46. The molecule has 0 radical (unpaired) electrons. The highest BCUT2D eigenvalue weighted by Crippen LogP contribution is 2.49. The zero-order valence-electron chi connectivity index (χ0n) is 20.2. The molecule has 0 saturated carbocycles. The smallest absolute Gasteiger partial charge is 0.318 e. The number of fused-ring (bicyclic) bond motifs is 3. The lowest BCUT2D eigenvalue weighted by molar-refractivity contribution is -0.156. The summed E-state index contributed by atoms with van der Waals surface area (Å²) < 4.78 is 11.0. The molecule has 3 aliphatic rings. The van der Waals surface area contributed by atoms with Crippen LogP contribution in [0.25, 0.3) is 0 Å². The highest BCUT2D eigenvalue weighted by Gasteiger charge is 2.62. The molecule has 2 unspecified atom stereocenters. The van der Waals surface area contributed by atoms with E-state index in [2.05, 4.69) is 19.9 Å². The van der Waals surface area contributed by atoms with Gasteiger partial charge in [-0.05, 0) is 50.5 Å². The minimum Gasteiger partial charge on any atom is -0.508 e. The van der Waals surface area contributed by atoms with Crippen molar-refractivity contribution in [1.82, 2.24) is 0 Å². The Hall–Kier alpha value is -3.19. The van der Waals surface area contributed by atoms with Gasteiger partial charge in [0.2, 0.25) is 0 Å². The quantitative estimate of drug-likeness (QED) is 0.181. The lowest BCUT2D eigenvalue weighted by atomic mass is 9.67. The number of ketones is 2. The number of allylic oxidation sites excluding steroid dienone is 7. The molecule has 34 heavy (non-hydrogen) atoms. The summed E-state index contributed by atoms with van der Waals surface area (Å²) in [5.74, 6) is -3.54. The molecule has 7 nitrogen and oxygen atoms in total. The molecule has 3 rings (SSSR count). The van der Waals surface area contributed by atoms with Crippen molar-refractivity contribution in [2.24, 2.45) is 17.8 Å². The molecular formula is C27H32O7. The van der Waals surface area contributed by atoms with Crippen LogP contribution in [0.3, 0.4) is 0 Å². The van der Waals surface area contributed by atoms with Gasteiger partial charge in [-0.1, -0.05) is 38.0 Å². The Balaban J connectivity index is 1.88. The molecule has 0 aromatic rings. The summed E-state index contributed by atoms with van der Waals surface area (Å²) in [5, 5.41) is 19.9. The van der Waals surface area contributed by atoms with Gasteiger partial charge in [0.25, 0.3) is 0 Å². The summed E-state index contributed by atoms with van der Waals surface area (Å²) in [5.41, 5.74) is 0.410. The zero-order valence-corrected chi connectivity index (χ0v) is 20.2. The van der Waals surface area contributed by atoms with Crippen molar-refractivity contribution < 1.29 is 34.1 Å². The van der Waals surface area contributed by atoms with Crippen LogP contribution in [0.5, 0.6) is 0 Å². The first-order valence-electron chi connectivity index (χ1n) is 11.5. The second kappa shape index (κ2) is 9.97. The normalized spacial score (nSPS) is 28.8. The summed E-state index contributed by atoms with van der Waals surface area (Å²) in [6.45, 7) is 9.16. The van der Waals surface area contributed by atoms with Gasteiger partial charge in [-0.25, -0.2) is 0 Å². The summed E-state index contributed by atoms with van der Waals surface area (Å²) in [4.78, 5) is 38.7. The van der Waals surface area contributed by atoms with Crippen molar-refractivity contribution in [3.05, 3.63) is 71.0 Å². The Morgan fingerprint density at radius 3 is 2.59 bits per heavy atom. The van der Waals surface area contributed by atoms with Crippen LogP contribution in [0.15, 0.2) is 71.0 Å². The number of esters is 1. The van der Waals surface area contributed by atoms with Crippen LogP contribution in [-0.2, 0) is 23.9 Å². The Bertz CT molecular complexity index is 1070. The fourth-order valence-electron chi connectivity index (χ4n) is 4.43. The van der Waals surface area contributed by atoms with E-state index in [1.165, 1.54) is 25.3 Å². The summed E-state index contributed by atoms with van der Waals surface area (Å²) in [6, 6.07) is 0. The van der Waals surface area contributed by atoms with Crippen LogP contribution in [0, 0.1) is 17.8 Å². The fourth-order valence-corrected chi connectivity index (χ4v) is 4.43. The molecule has 0 bridgehead atoms. The van der Waals surface area contributed by atoms with E-state index in [9.17, 15) is 24.6 Å². The van der Waals surface area contributed by atoms with Gasteiger partial charge in [0.1, 0.15) is 17.4 Å². The van der Waals surface area contributed by atoms with Crippen molar-refractivity contribution in [3.63, 3.8) is 0 Å². The van der Waals surface area contributed by atoms with Gasteiger partial charge >= 0.3 is 5.97 Å². The number of aliphatic hydroxyl groups excluding tert-OH is 2. The third-order valence-electron chi connectivity index (χ3n) is 6.39. The highest BCUT2D eigenvalue weighted by molar-refractivity contribution is 6.12. The number of aliphatic hydroxyl groups is 2. The van der Waals surface area contributed by atoms with Crippen LogP contribution in [0.4, 0.5) is 0 Å². The zero-order chi connectivity index (χ0) is 25.2. The molecule has 0 amide bonds. The largest absolute Gasteiger partial charge is 0.508 e. The van der Waals surface area contributed by atoms with Crippen LogP contribution in [0.1, 0.15) is 47.5 Å². The van der Waals surface area contributed by atoms with Gasteiger partial charge in [-0.2, -0.15) is 0 Å². The van der Waals surface area contributed by atoms with E-state index >= 15 is 0 Å². The molecule has 7 heteroatoms. The van der Waals surface area contributed by atoms with Crippen molar-refractivity contribution in [2.75, 3.05) is 0 Å². The van der Waals surface area contributed by atoms with E-state index in [1.54, 1.807) is 19.1 Å². The molecule has 182 valence electrons. The van der Waals surface area contributed by atoms with Crippen LogP contribution < -0.4 is 0 Å². The Morgan fingerprint density at radius 2 is 1.94 bits per heavy atom. The topological polar surface area (TPSA) is 110 Å². The molecule has 1 fully saturated rings. The van der Waals surface area contributed by atoms with Gasteiger partial charge in [-0.3, -0.25) is 14.4 Å². The molecule has 0 spiro atoms. The molecule has 1 saturated heterocycles. The second-order valence-corrected chi connectivity index (χ2v) is 9.40. The van der Waals surface area contributed by atoms with E-state index in [0.29, 0.717) is 22.8 Å². The minimum atomic E-state index is -1.54. The van der Waals surface area contributed by atoms with Crippen molar-refractivity contribution >= 4 is 17.5 Å². The predicted octanol–water partition coefficient (Wildman–Crippen LogP) is 4.17. The molecule has 2 N–H and O–H groups in total. The third-order valence-corrected chi connectivity index (χ3v) is 6.39. The second-order valence-electron chi connectivity index (χ2n) is 9.40. The predicted molar refractivity (Wildman–Crippen MR) is 126 cm³/mol. The van der Waals surface area contributed by atoms with Crippen molar-refractivity contribution in [3.8, 4) is 0 Å². The van der Waals surface area contributed by atoms with E-state index in [-0.39, 0.29) is 12.2 Å². The third kappa shape index (κ3) is 5.14. The number of hydrogen-bond donors (Lipinski definition) is 2. The fraction of sp³-hybridized carbons (Fsp3) is 0.444. The maximum absolute atomic E-state index is 13.1. The number of carbonyl (C=O) groups is 3. The summed E-state index contributed by atoms with van der Waals surface area (Å²) >= 11 is 0. The first-order valence-corrected chi connectivity index (χ1v) is 11.5. The number of rotatable bonds is 8. The minimum absolute atomic E-state index is 0.253. The maximum Gasteiger partial charge on any atom is 0.318 e. The van der Waals surface area contributed by atoms with Crippen LogP contribution in [-0.4, -0.2) is 39.5 Å². The number of carbonyl (C=O) groups excluding carboxylic acids is 3. The first kappa shape index (κ1) is 25.4. The molecular weight excluding hydrogens is 436 g/mol. The Labute approximate surface area is 199 Å². The highest BCUT2D eigenvalue weighted by atomic mass is 16.6. The summed E-state index contributed by atoms with van der Waals surface area (Å²) in [6.07, 6.45) is 11.2. The van der Waals surface area contributed by atoms with E-state index in [4.69, 9.17) is 9.47 Å². The molecule has 0 aromatic carbocycles. The van der Waals surface area contributed by atoms with Crippen molar-refractivity contribution in [2.45, 2.75) is 59.2 Å². The van der Waals surface area contributed by atoms with Gasteiger partial charge in [0.15, 0.2) is 17.2 Å². The molecule has 2 aliphatic heterocycles. The molecule has 2 heterocycles. The van der Waals surface area contributed by atoms with Crippen molar-refractivity contribution in [1.29, 1.82) is 0 Å². The first-order chi connectivity index (χ1) is 16.0. The molecule has 1 aliphatic carbocycles. The maximum atomic E-state index is 13.1. The lowest BCUT2D eigenvalue weighted by Crippen LogP contribution is -2.46. The van der Waals surface area contributed by atoms with Gasteiger partial charge in [-0.15, -0.1) is 0 Å². The van der Waals surface area contributed by atoms with E-state index in [0.717, 1.165) is 18.1 Å². The monoisotopic (exact) mass is 468 g/mol. The van der Waals surface area contributed by atoms with E-state index < -0.39 is 41.1 Å². The number of hydrogen-bond acceptors (Lipinski definition) is 7. The van der Waals surface area contributed by atoms with Gasteiger partial charge in [0.05, 0.1) is 18.3 Å². The Morgan fingerprint density at radius 1 is 1.24 bits per heavy atom. The summed E-state index contributed by atoms with van der Waals surface area (Å²) in [7, 11) is 0. The van der Waals surface area contributed by atoms with E-state index in [1.807, 2.05) is 6.92 Å². The van der Waals surface area contributed by atoms with Gasteiger partial charge < -0.3 is 19.7 Å².